The maximum Gasteiger partial charge on any atom is 0.261 e. The number of nitrogens with one attached hydrogen (secondary N) is 2. The Morgan fingerprint density at radius 3 is 3.00 bits per heavy atom. The lowest BCUT2D eigenvalue weighted by atomic mass is 10.2. The Balaban J connectivity index is 0.00000200. The van der Waals surface area contributed by atoms with Crippen LogP contribution in [-0.2, 0) is 4.79 Å². The largest absolute Gasteiger partial charge is 0.351 e. The number of amides is 2. The highest BCUT2D eigenvalue weighted by atomic mass is 35.5. The fourth-order valence-corrected chi connectivity index (χ4v) is 2.77. The zero-order chi connectivity index (χ0) is 13.7. The molecule has 20 heavy (non-hydrogen) atoms. The fourth-order valence-electron chi connectivity index (χ4n) is 2.13. The van der Waals surface area contributed by atoms with Crippen LogP contribution in [-0.4, -0.2) is 48.9 Å². The molecule has 2 N–H and O–H groups in total. The van der Waals surface area contributed by atoms with Gasteiger partial charge in [-0.3, -0.25) is 9.59 Å². The van der Waals surface area contributed by atoms with Gasteiger partial charge in [0.15, 0.2) is 0 Å². The molecule has 2 heterocycles. The molecule has 0 radical (unpaired) electrons. The molecule has 2 amide bonds. The molecule has 0 aromatic carbocycles. The SMILES string of the molecule is C[C@H]1CNCCN1C(=O)CCNC(=O)c1cccs1.Cl. The van der Waals surface area contributed by atoms with Crippen LogP contribution in [0, 0.1) is 0 Å². The second-order valence-corrected chi connectivity index (χ2v) is 5.57. The number of nitrogens with zero attached hydrogens (tertiary/aromatic N) is 1. The molecule has 0 unspecified atom stereocenters. The molecule has 0 spiro atoms. The second-order valence-electron chi connectivity index (χ2n) is 4.62. The minimum atomic E-state index is -0.101. The van der Waals surface area contributed by atoms with E-state index in [-0.39, 0.29) is 30.3 Å². The highest BCUT2D eigenvalue weighted by Crippen LogP contribution is 2.08. The second kappa shape index (κ2) is 8.24. The van der Waals surface area contributed by atoms with Gasteiger partial charge < -0.3 is 15.5 Å². The van der Waals surface area contributed by atoms with Crippen molar-refractivity contribution in [2.75, 3.05) is 26.2 Å². The van der Waals surface area contributed by atoms with Gasteiger partial charge in [-0.05, 0) is 18.4 Å². The van der Waals surface area contributed by atoms with Crippen LogP contribution >= 0.6 is 23.7 Å². The van der Waals surface area contributed by atoms with Crippen LogP contribution in [0.3, 0.4) is 0 Å². The van der Waals surface area contributed by atoms with E-state index in [1.165, 1.54) is 11.3 Å². The standard InChI is InChI=1S/C13H19N3O2S.ClH/c1-10-9-14-6-7-16(10)12(17)4-5-15-13(18)11-3-2-8-19-11;/h2-3,8,10,14H,4-7,9H2,1H3,(H,15,18);1H/t10-;/m0./s1. The number of hydrogen-bond acceptors (Lipinski definition) is 4. The van der Waals surface area contributed by atoms with Gasteiger partial charge in [0, 0.05) is 38.6 Å². The third-order valence-electron chi connectivity index (χ3n) is 3.19. The molecule has 1 atom stereocenters. The molecule has 112 valence electrons. The van der Waals surface area contributed by atoms with Crippen molar-refractivity contribution in [2.24, 2.45) is 0 Å². The van der Waals surface area contributed by atoms with Crippen molar-refractivity contribution < 1.29 is 9.59 Å². The van der Waals surface area contributed by atoms with E-state index < -0.39 is 0 Å². The van der Waals surface area contributed by atoms with Crippen LogP contribution in [0.25, 0.3) is 0 Å². The molecule has 1 aromatic heterocycles. The summed E-state index contributed by atoms with van der Waals surface area (Å²) in [7, 11) is 0. The number of piperazine rings is 1. The lowest BCUT2D eigenvalue weighted by Crippen LogP contribution is -2.52. The molecule has 2 rings (SSSR count). The van der Waals surface area contributed by atoms with Gasteiger partial charge in [-0.15, -0.1) is 23.7 Å². The molecular weight excluding hydrogens is 298 g/mol. The van der Waals surface area contributed by atoms with E-state index in [2.05, 4.69) is 10.6 Å². The zero-order valence-electron chi connectivity index (χ0n) is 11.4. The average molecular weight is 318 g/mol. The van der Waals surface area contributed by atoms with Crippen molar-refractivity contribution in [2.45, 2.75) is 19.4 Å². The molecule has 0 aliphatic carbocycles. The Morgan fingerprint density at radius 1 is 1.55 bits per heavy atom. The number of hydrogen-bond donors (Lipinski definition) is 2. The zero-order valence-corrected chi connectivity index (χ0v) is 13.1. The summed E-state index contributed by atoms with van der Waals surface area (Å²) in [5, 5.41) is 7.89. The molecule has 1 fully saturated rings. The summed E-state index contributed by atoms with van der Waals surface area (Å²) in [6, 6.07) is 3.85. The first-order valence-corrected chi connectivity index (χ1v) is 7.38. The van der Waals surface area contributed by atoms with E-state index in [0.29, 0.717) is 17.8 Å². The summed E-state index contributed by atoms with van der Waals surface area (Å²) in [5.74, 6) is 0.0108. The first-order valence-electron chi connectivity index (χ1n) is 6.50. The van der Waals surface area contributed by atoms with Gasteiger partial charge in [0.2, 0.25) is 5.91 Å². The third kappa shape index (κ3) is 4.47. The van der Waals surface area contributed by atoms with Crippen molar-refractivity contribution in [1.29, 1.82) is 0 Å². The predicted octanol–water partition coefficient (Wildman–Crippen LogP) is 1.11. The van der Waals surface area contributed by atoms with Gasteiger partial charge in [-0.1, -0.05) is 6.07 Å². The van der Waals surface area contributed by atoms with Gasteiger partial charge >= 0.3 is 0 Å². The van der Waals surface area contributed by atoms with Gasteiger partial charge in [0.1, 0.15) is 0 Å². The number of thiophene rings is 1. The predicted molar refractivity (Wildman–Crippen MR) is 82.6 cm³/mol. The average Bonchev–Trinajstić information content (AvgIpc) is 2.93. The Labute approximate surface area is 129 Å². The van der Waals surface area contributed by atoms with Crippen molar-refractivity contribution in [3.05, 3.63) is 22.4 Å². The van der Waals surface area contributed by atoms with E-state index in [1.54, 1.807) is 6.07 Å². The van der Waals surface area contributed by atoms with Crippen molar-refractivity contribution in [1.82, 2.24) is 15.5 Å². The number of rotatable bonds is 4. The summed E-state index contributed by atoms with van der Waals surface area (Å²) < 4.78 is 0. The topological polar surface area (TPSA) is 61.4 Å². The third-order valence-corrected chi connectivity index (χ3v) is 4.06. The van der Waals surface area contributed by atoms with Crippen molar-refractivity contribution in [3.63, 3.8) is 0 Å². The van der Waals surface area contributed by atoms with Crippen LogP contribution in [0.15, 0.2) is 17.5 Å². The summed E-state index contributed by atoms with van der Waals surface area (Å²) in [6.07, 6.45) is 0.363. The molecule has 1 saturated heterocycles. The highest BCUT2D eigenvalue weighted by Gasteiger charge is 2.22. The van der Waals surface area contributed by atoms with Crippen LogP contribution in [0.2, 0.25) is 0 Å². The first kappa shape index (κ1) is 16.9. The lowest BCUT2D eigenvalue weighted by Gasteiger charge is -2.34. The van der Waals surface area contributed by atoms with Crippen LogP contribution in [0.4, 0.5) is 0 Å². The smallest absolute Gasteiger partial charge is 0.261 e. The monoisotopic (exact) mass is 317 g/mol. The van der Waals surface area contributed by atoms with Gasteiger partial charge in [0.05, 0.1) is 4.88 Å². The van der Waals surface area contributed by atoms with Crippen molar-refractivity contribution >= 4 is 35.6 Å². The Bertz CT molecular complexity index is 439. The van der Waals surface area contributed by atoms with E-state index in [0.717, 1.165) is 19.6 Å². The summed E-state index contributed by atoms with van der Waals surface area (Å²) >= 11 is 1.40. The molecule has 5 nitrogen and oxygen atoms in total. The highest BCUT2D eigenvalue weighted by molar-refractivity contribution is 7.12. The summed E-state index contributed by atoms with van der Waals surface area (Å²) in [6.45, 7) is 4.87. The molecule has 1 aliphatic rings. The molecule has 1 aliphatic heterocycles. The Morgan fingerprint density at radius 2 is 2.35 bits per heavy atom. The molecule has 0 bridgehead atoms. The van der Waals surface area contributed by atoms with Crippen LogP contribution < -0.4 is 10.6 Å². The summed E-state index contributed by atoms with van der Waals surface area (Å²) in [4.78, 5) is 26.3. The lowest BCUT2D eigenvalue weighted by molar-refractivity contribution is -0.133. The maximum absolute atomic E-state index is 12.0. The molecule has 1 aromatic rings. The van der Waals surface area contributed by atoms with Crippen LogP contribution in [0.5, 0.6) is 0 Å². The molecule has 0 saturated carbocycles. The van der Waals surface area contributed by atoms with Gasteiger partial charge in [0.25, 0.3) is 5.91 Å². The number of halogens is 1. The Kier molecular flexibility index (Phi) is 6.98. The minimum Gasteiger partial charge on any atom is -0.351 e. The normalized spacial score (nSPS) is 18.2. The van der Waals surface area contributed by atoms with Crippen LogP contribution in [0.1, 0.15) is 23.0 Å². The van der Waals surface area contributed by atoms with Gasteiger partial charge in [-0.25, -0.2) is 0 Å². The quantitative estimate of drug-likeness (QED) is 0.874. The van der Waals surface area contributed by atoms with Gasteiger partial charge in [-0.2, -0.15) is 0 Å². The van der Waals surface area contributed by atoms with E-state index >= 15 is 0 Å². The maximum atomic E-state index is 12.0. The number of carbonyl (C=O) groups excluding carboxylic acids is 2. The minimum absolute atomic E-state index is 0. The van der Waals surface area contributed by atoms with E-state index in [1.807, 2.05) is 23.3 Å². The first-order chi connectivity index (χ1) is 9.18. The number of carbonyl (C=O) groups is 2. The van der Waals surface area contributed by atoms with E-state index in [9.17, 15) is 9.59 Å². The summed E-state index contributed by atoms with van der Waals surface area (Å²) in [5.41, 5.74) is 0. The molecule has 7 heteroatoms. The fraction of sp³-hybridized carbons (Fsp3) is 0.538. The molecular formula is C13H20ClN3O2S. The van der Waals surface area contributed by atoms with E-state index in [4.69, 9.17) is 0 Å². The van der Waals surface area contributed by atoms with Crippen molar-refractivity contribution in [3.8, 4) is 0 Å². The Hall–Kier alpha value is -1.11.